The molecule has 29 heavy (non-hydrogen) atoms. The normalized spacial score (nSPS) is 10.0. The highest BCUT2D eigenvalue weighted by atomic mass is 16.6. The number of methoxy groups -OCH3 is 2. The van der Waals surface area contributed by atoms with E-state index in [0.717, 1.165) is 32.4 Å². The molecule has 0 aliphatic heterocycles. The summed E-state index contributed by atoms with van der Waals surface area (Å²) < 4.78 is 9.18. The Kier molecular flexibility index (Phi) is 6.19. The van der Waals surface area contributed by atoms with Crippen molar-refractivity contribution in [1.82, 2.24) is 0 Å². The van der Waals surface area contributed by atoms with Crippen LogP contribution in [0, 0.1) is 20.2 Å². The van der Waals surface area contributed by atoms with Gasteiger partial charge in [-0.15, -0.1) is 0 Å². The lowest BCUT2D eigenvalue weighted by Crippen LogP contribution is -2.17. The average molecular weight is 403 g/mol. The highest BCUT2D eigenvalue weighted by Gasteiger charge is 2.22. The van der Waals surface area contributed by atoms with Crippen molar-refractivity contribution in [2.45, 2.75) is 0 Å². The van der Waals surface area contributed by atoms with E-state index in [1.807, 2.05) is 0 Å². The molecule has 12 heteroatoms. The molecule has 2 aromatic carbocycles. The van der Waals surface area contributed by atoms with Crippen molar-refractivity contribution in [2.24, 2.45) is 0 Å². The number of nitro groups is 2. The number of nitrogens with one attached hydrogen (secondary N) is 1. The van der Waals surface area contributed by atoms with Gasteiger partial charge in [-0.25, -0.2) is 9.59 Å². The highest BCUT2D eigenvalue weighted by molar-refractivity contribution is 6.09. The number of nitrogens with zero attached hydrogens (tertiary/aromatic N) is 2. The number of hydrogen-bond donors (Lipinski definition) is 1. The molecule has 0 fully saturated rings. The lowest BCUT2D eigenvalue weighted by Gasteiger charge is -2.11. The van der Waals surface area contributed by atoms with E-state index in [-0.39, 0.29) is 16.8 Å². The van der Waals surface area contributed by atoms with Gasteiger partial charge < -0.3 is 14.8 Å². The van der Waals surface area contributed by atoms with Crippen LogP contribution < -0.4 is 5.32 Å². The number of nitro benzene ring substituents is 2. The molecule has 0 unspecified atom stereocenters. The fourth-order valence-corrected chi connectivity index (χ4v) is 2.31. The summed E-state index contributed by atoms with van der Waals surface area (Å²) in [4.78, 5) is 56.4. The molecule has 0 saturated carbocycles. The van der Waals surface area contributed by atoms with Gasteiger partial charge in [0.1, 0.15) is 0 Å². The summed E-state index contributed by atoms with van der Waals surface area (Å²) in [7, 11) is 2.24. The number of non-ortho nitro benzene ring substituents is 2. The molecule has 2 rings (SSSR count). The first kappa shape index (κ1) is 21.0. The maximum absolute atomic E-state index is 12.6. The standard InChI is InChI=1S/C17H13N3O9/c1-28-16(22)9-3-4-13(17(23)29-2)14(7-9)18-15(21)10-5-11(19(24)25)8-12(6-10)20(26)27/h3-8H,1-2H3,(H,18,21). The minimum atomic E-state index is -0.982. The Labute approximate surface area is 162 Å². The van der Waals surface area contributed by atoms with Crippen molar-refractivity contribution in [1.29, 1.82) is 0 Å². The Morgan fingerprint density at radius 1 is 0.828 bits per heavy atom. The zero-order valence-corrected chi connectivity index (χ0v) is 15.0. The summed E-state index contributed by atoms with van der Waals surface area (Å²) in [5, 5.41) is 24.3. The Balaban J connectivity index is 2.51. The molecular formula is C17H13N3O9. The van der Waals surface area contributed by atoms with Gasteiger partial charge in [-0.2, -0.15) is 0 Å². The smallest absolute Gasteiger partial charge is 0.339 e. The van der Waals surface area contributed by atoms with Crippen molar-refractivity contribution in [3.05, 3.63) is 73.3 Å². The monoisotopic (exact) mass is 403 g/mol. The lowest BCUT2D eigenvalue weighted by molar-refractivity contribution is -0.394. The van der Waals surface area contributed by atoms with Crippen LogP contribution in [0.2, 0.25) is 0 Å². The lowest BCUT2D eigenvalue weighted by atomic mass is 10.1. The van der Waals surface area contributed by atoms with E-state index in [0.29, 0.717) is 6.07 Å². The molecule has 1 N–H and O–H groups in total. The summed E-state index contributed by atoms with van der Waals surface area (Å²) in [6.07, 6.45) is 0. The first-order chi connectivity index (χ1) is 13.7. The van der Waals surface area contributed by atoms with Crippen LogP contribution in [0.3, 0.4) is 0 Å². The van der Waals surface area contributed by atoms with E-state index in [2.05, 4.69) is 14.8 Å². The summed E-state index contributed by atoms with van der Waals surface area (Å²) in [5.74, 6) is -2.56. The zero-order chi connectivity index (χ0) is 21.7. The second kappa shape index (κ2) is 8.56. The third-order valence-electron chi connectivity index (χ3n) is 3.68. The van der Waals surface area contributed by atoms with Crippen LogP contribution in [0.4, 0.5) is 17.1 Å². The van der Waals surface area contributed by atoms with Crippen LogP contribution >= 0.6 is 0 Å². The van der Waals surface area contributed by atoms with Crippen LogP contribution in [-0.4, -0.2) is 41.9 Å². The first-order valence-corrected chi connectivity index (χ1v) is 7.73. The summed E-state index contributed by atoms with van der Waals surface area (Å²) in [5.41, 5.74) is -2.00. The van der Waals surface area contributed by atoms with Crippen LogP contribution in [-0.2, 0) is 9.47 Å². The van der Waals surface area contributed by atoms with Crippen molar-refractivity contribution in [3.63, 3.8) is 0 Å². The van der Waals surface area contributed by atoms with Gasteiger partial charge in [-0.3, -0.25) is 25.0 Å². The molecule has 0 heterocycles. The highest BCUT2D eigenvalue weighted by Crippen LogP contribution is 2.25. The SMILES string of the molecule is COC(=O)c1ccc(C(=O)OC)c(NC(=O)c2cc([N+](=O)[O-])cc([N+](=O)[O-])c2)c1. The van der Waals surface area contributed by atoms with Crippen LogP contribution in [0.25, 0.3) is 0 Å². The van der Waals surface area contributed by atoms with Gasteiger partial charge in [0.2, 0.25) is 0 Å². The Hall–Kier alpha value is -4.35. The Bertz CT molecular complexity index is 1000. The number of carbonyl (C=O) groups is 3. The summed E-state index contributed by atoms with van der Waals surface area (Å²) in [6, 6.07) is 6.00. The van der Waals surface area contributed by atoms with Gasteiger partial charge in [-0.1, -0.05) is 0 Å². The first-order valence-electron chi connectivity index (χ1n) is 7.73. The molecule has 0 atom stereocenters. The van der Waals surface area contributed by atoms with E-state index in [1.54, 1.807) is 0 Å². The number of esters is 2. The number of ether oxygens (including phenoxy) is 2. The number of benzene rings is 2. The quantitative estimate of drug-likeness (QED) is 0.432. The van der Waals surface area contributed by atoms with Crippen LogP contribution in [0.1, 0.15) is 31.1 Å². The minimum absolute atomic E-state index is 0.000441. The molecule has 0 aliphatic carbocycles. The minimum Gasteiger partial charge on any atom is -0.465 e. The van der Waals surface area contributed by atoms with Gasteiger partial charge in [0.05, 0.1) is 52.5 Å². The van der Waals surface area contributed by atoms with Crippen molar-refractivity contribution < 1.29 is 33.7 Å². The van der Waals surface area contributed by atoms with Crippen molar-refractivity contribution in [2.75, 3.05) is 19.5 Å². The molecule has 12 nitrogen and oxygen atoms in total. The molecule has 1 amide bonds. The fourth-order valence-electron chi connectivity index (χ4n) is 2.31. The Morgan fingerprint density at radius 2 is 1.38 bits per heavy atom. The molecule has 0 radical (unpaired) electrons. The molecule has 0 bridgehead atoms. The second-order valence-electron chi connectivity index (χ2n) is 5.45. The number of carbonyl (C=O) groups excluding carboxylic acids is 3. The molecule has 150 valence electrons. The zero-order valence-electron chi connectivity index (χ0n) is 15.0. The number of hydrogen-bond acceptors (Lipinski definition) is 9. The molecule has 0 aromatic heterocycles. The summed E-state index contributed by atoms with van der Waals surface area (Å²) in [6.45, 7) is 0. The van der Waals surface area contributed by atoms with Gasteiger partial charge in [-0.05, 0) is 18.2 Å². The third-order valence-corrected chi connectivity index (χ3v) is 3.68. The van der Waals surface area contributed by atoms with E-state index in [1.165, 1.54) is 12.1 Å². The van der Waals surface area contributed by atoms with Gasteiger partial charge in [0, 0.05) is 12.1 Å². The van der Waals surface area contributed by atoms with E-state index in [4.69, 9.17) is 0 Å². The van der Waals surface area contributed by atoms with Gasteiger partial charge >= 0.3 is 11.9 Å². The van der Waals surface area contributed by atoms with Gasteiger partial charge in [0.25, 0.3) is 17.3 Å². The molecule has 0 spiro atoms. The largest absolute Gasteiger partial charge is 0.465 e. The van der Waals surface area contributed by atoms with Crippen LogP contribution in [0.5, 0.6) is 0 Å². The van der Waals surface area contributed by atoms with Gasteiger partial charge in [0.15, 0.2) is 0 Å². The molecule has 0 aliphatic rings. The van der Waals surface area contributed by atoms with Crippen molar-refractivity contribution >= 4 is 34.9 Å². The molecular weight excluding hydrogens is 390 g/mol. The topological polar surface area (TPSA) is 168 Å². The second-order valence-corrected chi connectivity index (χ2v) is 5.45. The molecule has 2 aromatic rings. The number of rotatable bonds is 6. The van der Waals surface area contributed by atoms with Crippen molar-refractivity contribution in [3.8, 4) is 0 Å². The number of amides is 1. The maximum Gasteiger partial charge on any atom is 0.339 e. The average Bonchev–Trinajstić information content (AvgIpc) is 2.71. The fraction of sp³-hybridized carbons (Fsp3) is 0.118. The van der Waals surface area contributed by atoms with E-state index < -0.39 is 44.6 Å². The number of anilines is 1. The summed E-state index contributed by atoms with van der Waals surface area (Å²) >= 11 is 0. The molecule has 0 saturated heterocycles. The predicted molar refractivity (Wildman–Crippen MR) is 96.8 cm³/mol. The maximum atomic E-state index is 12.6. The third kappa shape index (κ3) is 4.68. The van der Waals surface area contributed by atoms with E-state index >= 15 is 0 Å². The predicted octanol–water partition coefficient (Wildman–Crippen LogP) is 2.33. The Morgan fingerprint density at radius 3 is 1.86 bits per heavy atom. The van der Waals surface area contributed by atoms with E-state index in [9.17, 15) is 34.6 Å². The van der Waals surface area contributed by atoms with Crippen LogP contribution in [0.15, 0.2) is 36.4 Å².